The van der Waals surface area contributed by atoms with Crippen molar-refractivity contribution in [2.75, 3.05) is 19.0 Å². The van der Waals surface area contributed by atoms with Crippen molar-refractivity contribution in [3.63, 3.8) is 0 Å². The number of nitrogens with one attached hydrogen (secondary N) is 1. The third-order valence-corrected chi connectivity index (χ3v) is 4.70. The highest BCUT2D eigenvalue weighted by molar-refractivity contribution is 6.33. The molecule has 1 aliphatic carbocycles. The third-order valence-electron chi connectivity index (χ3n) is 4.37. The highest BCUT2D eigenvalue weighted by Crippen LogP contribution is 2.29. The van der Waals surface area contributed by atoms with Gasteiger partial charge in [-0.1, -0.05) is 23.7 Å². The SMILES string of the molecule is COC(=O)c1ccc(Cl)c(NC(=O)COc2cccc3c2CCCC3)c1. The molecule has 0 bridgehead atoms. The molecule has 0 radical (unpaired) electrons. The van der Waals surface area contributed by atoms with Crippen LogP contribution in [0, 0.1) is 0 Å². The van der Waals surface area contributed by atoms with E-state index in [2.05, 4.69) is 16.1 Å². The van der Waals surface area contributed by atoms with E-state index in [0.29, 0.717) is 16.3 Å². The molecular formula is C20H20ClNO4. The number of esters is 1. The van der Waals surface area contributed by atoms with Gasteiger partial charge in [-0.05, 0) is 61.1 Å². The van der Waals surface area contributed by atoms with Crippen molar-refractivity contribution in [2.24, 2.45) is 0 Å². The number of hydrogen-bond acceptors (Lipinski definition) is 4. The topological polar surface area (TPSA) is 64.6 Å². The number of halogens is 1. The van der Waals surface area contributed by atoms with Crippen molar-refractivity contribution >= 4 is 29.2 Å². The van der Waals surface area contributed by atoms with E-state index < -0.39 is 5.97 Å². The lowest BCUT2D eigenvalue weighted by atomic mass is 9.91. The summed E-state index contributed by atoms with van der Waals surface area (Å²) >= 11 is 6.09. The van der Waals surface area contributed by atoms with Gasteiger partial charge in [0.25, 0.3) is 5.91 Å². The second-order valence-electron chi connectivity index (χ2n) is 6.12. The van der Waals surface area contributed by atoms with Crippen LogP contribution in [0.25, 0.3) is 0 Å². The van der Waals surface area contributed by atoms with Gasteiger partial charge in [-0.3, -0.25) is 4.79 Å². The summed E-state index contributed by atoms with van der Waals surface area (Å²) in [4.78, 5) is 23.9. The van der Waals surface area contributed by atoms with Gasteiger partial charge in [0, 0.05) is 0 Å². The maximum atomic E-state index is 12.2. The minimum atomic E-state index is -0.496. The van der Waals surface area contributed by atoms with Gasteiger partial charge in [-0.25, -0.2) is 4.79 Å². The van der Waals surface area contributed by atoms with E-state index in [1.165, 1.54) is 42.9 Å². The zero-order valence-electron chi connectivity index (χ0n) is 14.5. The van der Waals surface area contributed by atoms with Gasteiger partial charge in [-0.2, -0.15) is 0 Å². The molecule has 3 rings (SSSR count). The van der Waals surface area contributed by atoms with Crippen LogP contribution in [0.1, 0.15) is 34.3 Å². The molecule has 26 heavy (non-hydrogen) atoms. The molecule has 0 fully saturated rings. The number of rotatable bonds is 5. The number of carbonyl (C=O) groups is 2. The molecule has 0 aromatic heterocycles. The second kappa shape index (κ2) is 8.23. The number of aryl methyl sites for hydroxylation is 1. The average molecular weight is 374 g/mol. The van der Waals surface area contributed by atoms with E-state index in [-0.39, 0.29) is 12.5 Å². The molecule has 1 aliphatic rings. The Morgan fingerprint density at radius 1 is 1.15 bits per heavy atom. The zero-order valence-corrected chi connectivity index (χ0v) is 15.3. The first-order valence-electron chi connectivity index (χ1n) is 8.50. The summed E-state index contributed by atoms with van der Waals surface area (Å²) in [5, 5.41) is 3.01. The molecule has 6 heteroatoms. The summed E-state index contributed by atoms with van der Waals surface area (Å²) < 4.78 is 10.4. The molecule has 1 N–H and O–H groups in total. The predicted octanol–water partition coefficient (Wildman–Crippen LogP) is 4.02. The second-order valence-corrected chi connectivity index (χ2v) is 6.53. The van der Waals surface area contributed by atoms with Gasteiger partial charge >= 0.3 is 5.97 Å². The summed E-state index contributed by atoms with van der Waals surface area (Å²) in [6, 6.07) is 10.5. The summed E-state index contributed by atoms with van der Waals surface area (Å²) in [6.45, 7) is -0.130. The maximum absolute atomic E-state index is 12.2. The van der Waals surface area contributed by atoms with Crippen LogP contribution in [-0.4, -0.2) is 25.6 Å². The molecular weight excluding hydrogens is 354 g/mol. The highest BCUT2D eigenvalue weighted by Gasteiger charge is 2.15. The van der Waals surface area contributed by atoms with Crippen LogP contribution in [0.15, 0.2) is 36.4 Å². The molecule has 0 aliphatic heterocycles. The van der Waals surface area contributed by atoms with Gasteiger partial charge in [-0.15, -0.1) is 0 Å². The van der Waals surface area contributed by atoms with E-state index in [1.54, 1.807) is 0 Å². The number of amides is 1. The van der Waals surface area contributed by atoms with Gasteiger partial charge < -0.3 is 14.8 Å². The lowest BCUT2D eigenvalue weighted by molar-refractivity contribution is -0.118. The van der Waals surface area contributed by atoms with Crippen LogP contribution in [0.4, 0.5) is 5.69 Å². The van der Waals surface area contributed by atoms with Crippen molar-refractivity contribution in [1.29, 1.82) is 0 Å². The van der Waals surface area contributed by atoms with E-state index in [9.17, 15) is 9.59 Å². The largest absolute Gasteiger partial charge is 0.483 e. The minimum Gasteiger partial charge on any atom is -0.483 e. The fourth-order valence-electron chi connectivity index (χ4n) is 3.08. The predicted molar refractivity (Wildman–Crippen MR) is 100 cm³/mol. The molecule has 0 unspecified atom stereocenters. The molecule has 0 heterocycles. The molecule has 2 aromatic carbocycles. The Labute approximate surface area is 157 Å². The van der Waals surface area contributed by atoms with Gasteiger partial charge in [0.1, 0.15) is 5.75 Å². The highest BCUT2D eigenvalue weighted by atomic mass is 35.5. The van der Waals surface area contributed by atoms with Gasteiger partial charge in [0.2, 0.25) is 0 Å². The van der Waals surface area contributed by atoms with Crippen LogP contribution in [0.3, 0.4) is 0 Å². The molecule has 5 nitrogen and oxygen atoms in total. The van der Waals surface area contributed by atoms with Crippen LogP contribution in [0.5, 0.6) is 5.75 Å². The first kappa shape index (κ1) is 18.3. The lowest BCUT2D eigenvalue weighted by Crippen LogP contribution is -2.21. The number of anilines is 1. The Balaban J connectivity index is 1.66. The summed E-state index contributed by atoms with van der Waals surface area (Å²) in [7, 11) is 1.30. The molecule has 2 aromatic rings. The van der Waals surface area contributed by atoms with Crippen molar-refractivity contribution in [1.82, 2.24) is 0 Å². The summed E-state index contributed by atoms with van der Waals surface area (Å²) in [5.74, 6) is -0.0848. The first-order chi connectivity index (χ1) is 12.6. The van der Waals surface area contributed by atoms with E-state index in [0.717, 1.165) is 25.0 Å². The smallest absolute Gasteiger partial charge is 0.337 e. The van der Waals surface area contributed by atoms with Crippen LogP contribution in [-0.2, 0) is 22.4 Å². The van der Waals surface area contributed by atoms with Gasteiger partial charge in [0.05, 0.1) is 23.4 Å². The monoisotopic (exact) mass is 373 g/mol. The van der Waals surface area contributed by atoms with Crippen molar-refractivity contribution in [3.8, 4) is 5.75 Å². The quantitative estimate of drug-likeness (QED) is 0.804. The number of methoxy groups -OCH3 is 1. The van der Waals surface area contributed by atoms with E-state index in [4.69, 9.17) is 16.3 Å². The zero-order chi connectivity index (χ0) is 18.5. The third kappa shape index (κ3) is 4.17. The van der Waals surface area contributed by atoms with Gasteiger partial charge in [0.15, 0.2) is 6.61 Å². The average Bonchev–Trinajstić information content (AvgIpc) is 2.67. The lowest BCUT2D eigenvalue weighted by Gasteiger charge is -2.19. The van der Waals surface area contributed by atoms with E-state index in [1.807, 2.05) is 12.1 Å². The molecule has 0 spiro atoms. The molecule has 0 saturated heterocycles. The normalized spacial score (nSPS) is 12.8. The Hall–Kier alpha value is -2.53. The Morgan fingerprint density at radius 3 is 2.77 bits per heavy atom. The van der Waals surface area contributed by atoms with Crippen molar-refractivity contribution in [3.05, 3.63) is 58.1 Å². The summed E-state index contributed by atoms with van der Waals surface area (Å²) in [6.07, 6.45) is 4.34. The number of ether oxygens (including phenoxy) is 2. The Kier molecular flexibility index (Phi) is 5.78. The van der Waals surface area contributed by atoms with E-state index >= 15 is 0 Å². The summed E-state index contributed by atoms with van der Waals surface area (Å²) in [5.41, 5.74) is 3.14. The molecule has 0 atom stereocenters. The number of benzene rings is 2. The number of fused-ring (bicyclic) bond motifs is 1. The van der Waals surface area contributed by atoms with Crippen molar-refractivity contribution in [2.45, 2.75) is 25.7 Å². The number of carbonyl (C=O) groups excluding carboxylic acids is 2. The Morgan fingerprint density at radius 2 is 1.96 bits per heavy atom. The molecule has 1 amide bonds. The molecule has 136 valence electrons. The fraction of sp³-hybridized carbons (Fsp3) is 0.300. The fourth-order valence-corrected chi connectivity index (χ4v) is 3.24. The Bertz CT molecular complexity index is 835. The number of hydrogen-bond donors (Lipinski definition) is 1. The molecule has 0 saturated carbocycles. The van der Waals surface area contributed by atoms with Crippen molar-refractivity contribution < 1.29 is 19.1 Å². The maximum Gasteiger partial charge on any atom is 0.337 e. The standard InChI is InChI=1S/C20H20ClNO4/c1-25-20(24)14-9-10-16(21)17(11-14)22-19(23)12-26-18-8-4-6-13-5-2-3-7-15(13)18/h4,6,8-11H,2-3,5,7,12H2,1H3,(H,22,23). The minimum absolute atomic E-state index is 0.130. The first-order valence-corrected chi connectivity index (χ1v) is 8.87. The van der Waals surface area contributed by atoms with Crippen LogP contribution < -0.4 is 10.1 Å². The van der Waals surface area contributed by atoms with Crippen LogP contribution >= 0.6 is 11.6 Å². The van der Waals surface area contributed by atoms with Crippen LogP contribution in [0.2, 0.25) is 5.02 Å².